The van der Waals surface area contributed by atoms with Crippen molar-refractivity contribution in [1.82, 2.24) is 9.78 Å². The van der Waals surface area contributed by atoms with Crippen molar-refractivity contribution in [1.29, 1.82) is 0 Å². The highest BCUT2D eigenvalue weighted by atomic mass is 35.5. The summed E-state index contributed by atoms with van der Waals surface area (Å²) in [6.45, 7) is 5.60. The Labute approximate surface area is 123 Å². The first-order valence-electron chi connectivity index (χ1n) is 6.39. The number of halogens is 2. The van der Waals surface area contributed by atoms with Crippen LogP contribution in [0.5, 0.6) is 0 Å². The molecule has 0 unspecified atom stereocenters. The average molecular weight is 298 g/mol. The molecule has 0 bridgehead atoms. The monoisotopic (exact) mass is 297 g/mol. The molecular weight excluding hydrogens is 281 g/mol. The maximum absolute atomic E-state index is 6.36. The lowest BCUT2D eigenvalue weighted by atomic mass is 10.3. The second-order valence-corrected chi connectivity index (χ2v) is 5.05. The summed E-state index contributed by atoms with van der Waals surface area (Å²) in [7, 11) is 0. The Bertz CT molecular complexity index is 547. The zero-order valence-corrected chi connectivity index (χ0v) is 12.6. The molecule has 1 heterocycles. The summed E-state index contributed by atoms with van der Waals surface area (Å²) in [6.07, 6.45) is 0.847. The first-order chi connectivity index (χ1) is 9.15. The van der Waals surface area contributed by atoms with Gasteiger partial charge >= 0.3 is 0 Å². The number of benzene rings is 1. The lowest BCUT2D eigenvalue weighted by Gasteiger charge is -2.08. The molecule has 1 N–H and O–H groups in total. The largest absolute Gasteiger partial charge is 0.379 e. The molecule has 19 heavy (non-hydrogen) atoms. The normalized spacial score (nSPS) is 10.7. The maximum Gasteiger partial charge on any atom is 0.0868 e. The molecule has 102 valence electrons. The quantitative estimate of drug-likeness (QED) is 0.887. The van der Waals surface area contributed by atoms with Crippen molar-refractivity contribution in [3.05, 3.63) is 45.7 Å². The number of aryl methyl sites for hydroxylation is 2. The summed E-state index contributed by atoms with van der Waals surface area (Å²) in [5.74, 6) is 0. The Balaban J connectivity index is 2.14. The molecule has 0 fully saturated rings. The molecule has 0 aliphatic heterocycles. The minimum absolute atomic E-state index is 0.654. The van der Waals surface area contributed by atoms with E-state index in [0.717, 1.165) is 40.1 Å². The molecule has 5 heteroatoms. The van der Waals surface area contributed by atoms with E-state index in [-0.39, 0.29) is 0 Å². The van der Waals surface area contributed by atoms with Gasteiger partial charge in [0.05, 0.1) is 23.0 Å². The number of nitrogens with one attached hydrogen (secondary N) is 1. The van der Waals surface area contributed by atoms with E-state index in [1.807, 2.05) is 28.9 Å². The minimum atomic E-state index is 0.654. The molecule has 1 aromatic carbocycles. The first-order valence-corrected chi connectivity index (χ1v) is 7.14. The van der Waals surface area contributed by atoms with Crippen LogP contribution in [0, 0.1) is 0 Å². The van der Waals surface area contributed by atoms with E-state index in [2.05, 4.69) is 24.3 Å². The topological polar surface area (TPSA) is 29.9 Å². The summed E-state index contributed by atoms with van der Waals surface area (Å²) >= 11 is 12.2. The molecule has 0 saturated carbocycles. The first kappa shape index (κ1) is 14.2. The fraction of sp³-hybridized carbons (Fsp3) is 0.357. The van der Waals surface area contributed by atoms with Crippen molar-refractivity contribution in [2.24, 2.45) is 0 Å². The Morgan fingerprint density at radius 1 is 1.16 bits per heavy atom. The Morgan fingerprint density at radius 3 is 2.42 bits per heavy atom. The smallest absolute Gasteiger partial charge is 0.0868 e. The molecular formula is C14H17Cl2N3. The Hall–Kier alpha value is -1.19. The average Bonchev–Trinajstić information content (AvgIpc) is 2.74. The van der Waals surface area contributed by atoms with Gasteiger partial charge < -0.3 is 5.32 Å². The molecule has 0 atom stereocenters. The van der Waals surface area contributed by atoms with E-state index in [0.29, 0.717) is 6.54 Å². The van der Waals surface area contributed by atoms with E-state index in [4.69, 9.17) is 23.2 Å². The van der Waals surface area contributed by atoms with Crippen molar-refractivity contribution in [2.45, 2.75) is 33.4 Å². The molecule has 3 nitrogen and oxygen atoms in total. The van der Waals surface area contributed by atoms with Crippen molar-refractivity contribution in [2.75, 3.05) is 5.32 Å². The van der Waals surface area contributed by atoms with Crippen LogP contribution in [-0.4, -0.2) is 9.78 Å². The lowest BCUT2D eigenvalue weighted by Crippen LogP contribution is -2.08. The van der Waals surface area contributed by atoms with Gasteiger partial charge in [-0.2, -0.15) is 5.10 Å². The standard InChI is InChI=1S/C14H17Cl2N3/c1-3-12-14(16)13(19(4-2)18-12)9-17-11-7-5-10(15)6-8-11/h5-8,17H,3-4,9H2,1-2H3. The Morgan fingerprint density at radius 2 is 1.84 bits per heavy atom. The highest BCUT2D eigenvalue weighted by Gasteiger charge is 2.13. The summed E-state index contributed by atoms with van der Waals surface area (Å²) < 4.78 is 1.95. The van der Waals surface area contributed by atoms with Crippen LogP contribution in [0.15, 0.2) is 24.3 Å². The van der Waals surface area contributed by atoms with Crippen molar-refractivity contribution in [3.8, 4) is 0 Å². The van der Waals surface area contributed by atoms with Crippen LogP contribution in [0.3, 0.4) is 0 Å². The van der Waals surface area contributed by atoms with Gasteiger partial charge in [0.25, 0.3) is 0 Å². The van der Waals surface area contributed by atoms with E-state index < -0.39 is 0 Å². The van der Waals surface area contributed by atoms with Gasteiger partial charge in [-0.05, 0) is 37.6 Å². The number of hydrogen-bond acceptors (Lipinski definition) is 2. The molecule has 0 spiro atoms. The van der Waals surface area contributed by atoms with Crippen molar-refractivity contribution >= 4 is 28.9 Å². The van der Waals surface area contributed by atoms with Crippen molar-refractivity contribution in [3.63, 3.8) is 0 Å². The molecule has 2 aromatic rings. The third-order valence-corrected chi connectivity index (χ3v) is 3.69. The van der Waals surface area contributed by atoms with Gasteiger partial charge in [0.1, 0.15) is 0 Å². The van der Waals surface area contributed by atoms with Gasteiger partial charge in [-0.25, -0.2) is 0 Å². The predicted molar refractivity (Wildman–Crippen MR) is 81.1 cm³/mol. The predicted octanol–water partition coefficient (Wildman–Crippen LogP) is 4.38. The van der Waals surface area contributed by atoms with Crippen molar-refractivity contribution < 1.29 is 0 Å². The molecule has 0 aliphatic carbocycles. The number of rotatable bonds is 5. The summed E-state index contributed by atoms with van der Waals surface area (Å²) in [6, 6.07) is 7.62. The zero-order valence-electron chi connectivity index (χ0n) is 11.1. The van der Waals surface area contributed by atoms with E-state index in [1.165, 1.54) is 0 Å². The van der Waals surface area contributed by atoms with Gasteiger partial charge in [-0.15, -0.1) is 0 Å². The van der Waals surface area contributed by atoms with Crippen LogP contribution in [0.25, 0.3) is 0 Å². The van der Waals surface area contributed by atoms with Gasteiger partial charge in [-0.1, -0.05) is 30.1 Å². The fourth-order valence-electron chi connectivity index (χ4n) is 1.94. The van der Waals surface area contributed by atoms with Gasteiger partial charge in [0, 0.05) is 17.3 Å². The van der Waals surface area contributed by atoms with Crippen LogP contribution < -0.4 is 5.32 Å². The van der Waals surface area contributed by atoms with Crippen LogP contribution in [0.2, 0.25) is 10.0 Å². The van der Waals surface area contributed by atoms with E-state index in [1.54, 1.807) is 0 Å². The third kappa shape index (κ3) is 3.23. The number of hydrogen-bond donors (Lipinski definition) is 1. The Kier molecular flexibility index (Phi) is 4.72. The zero-order chi connectivity index (χ0) is 13.8. The van der Waals surface area contributed by atoms with Crippen LogP contribution in [0.1, 0.15) is 25.2 Å². The van der Waals surface area contributed by atoms with Crippen LogP contribution in [0.4, 0.5) is 5.69 Å². The fourth-order valence-corrected chi connectivity index (χ4v) is 2.40. The molecule has 0 aliphatic rings. The summed E-state index contributed by atoms with van der Waals surface area (Å²) in [5, 5.41) is 9.34. The van der Waals surface area contributed by atoms with E-state index >= 15 is 0 Å². The highest BCUT2D eigenvalue weighted by molar-refractivity contribution is 6.32. The molecule has 0 amide bonds. The van der Waals surface area contributed by atoms with Crippen LogP contribution in [-0.2, 0) is 19.5 Å². The second-order valence-electron chi connectivity index (χ2n) is 4.24. The maximum atomic E-state index is 6.36. The third-order valence-electron chi connectivity index (χ3n) is 3.00. The molecule has 0 radical (unpaired) electrons. The second kappa shape index (κ2) is 6.31. The molecule has 0 saturated heterocycles. The minimum Gasteiger partial charge on any atom is -0.379 e. The molecule has 1 aromatic heterocycles. The van der Waals surface area contributed by atoms with Gasteiger partial charge in [0.2, 0.25) is 0 Å². The highest BCUT2D eigenvalue weighted by Crippen LogP contribution is 2.23. The number of aromatic nitrogens is 2. The van der Waals surface area contributed by atoms with Crippen LogP contribution >= 0.6 is 23.2 Å². The lowest BCUT2D eigenvalue weighted by molar-refractivity contribution is 0.619. The van der Waals surface area contributed by atoms with E-state index in [9.17, 15) is 0 Å². The van der Waals surface area contributed by atoms with Gasteiger partial charge in [0.15, 0.2) is 0 Å². The van der Waals surface area contributed by atoms with Gasteiger partial charge in [-0.3, -0.25) is 4.68 Å². The number of anilines is 1. The molecule has 2 rings (SSSR count). The number of nitrogens with zero attached hydrogens (tertiary/aromatic N) is 2. The summed E-state index contributed by atoms with van der Waals surface area (Å²) in [5.41, 5.74) is 3.00. The SMILES string of the molecule is CCc1nn(CC)c(CNc2ccc(Cl)cc2)c1Cl. The summed E-state index contributed by atoms with van der Waals surface area (Å²) in [4.78, 5) is 0.